The zero-order valence-corrected chi connectivity index (χ0v) is 12.6. The number of carbonyl (C=O) groups is 1. The summed E-state index contributed by atoms with van der Waals surface area (Å²) < 4.78 is 0. The lowest BCUT2D eigenvalue weighted by molar-refractivity contribution is -0.135. The van der Waals surface area contributed by atoms with Crippen LogP contribution in [0.15, 0.2) is 17.5 Å². The van der Waals surface area contributed by atoms with E-state index < -0.39 is 0 Å². The van der Waals surface area contributed by atoms with Crippen molar-refractivity contribution >= 4 is 17.2 Å². The fraction of sp³-hybridized carbons (Fsp3) is 0.667. The SMILES string of the molecule is CC1CC(N2C(=O)C(C(C)C)NC2c2cccs2)C1. The molecule has 2 atom stereocenters. The van der Waals surface area contributed by atoms with Gasteiger partial charge in [-0.15, -0.1) is 11.3 Å². The van der Waals surface area contributed by atoms with Crippen LogP contribution in [0.1, 0.15) is 44.7 Å². The van der Waals surface area contributed by atoms with E-state index in [1.54, 1.807) is 11.3 Å². The van der Waals surface area contributed by atoms with Crippen LogP contribution in [-0.2, 0) is 4.79 Å². The van der Waals surface area contributed by atoms with Crippen molar-refractivity contribution < 1.29 is 4.79 Å². The zero-order chi connectivity index (χ0) is 13.6. The minimum Gasteiger partial charge on any atom is -0.318 e. The number of nitrogens with zero attached hydrogens (tertiary/aromatic N) is 1. The van der Waals surface area contributed by atoms with Gasteiger partial charge >= 0.3 is 0 Å². The third kappa shape index (κ3) is 2.21. The molecule has 2 heterocycles. The largest absolute Gasteiger partial charge is 0.318 e. The van der Waals surface area contributed by atoms with E-state index in [2.05, 4.69) is 48.5 Å². The molecular weight excluding hydrogens is 256 g/mol. The molecular formula is C15H22N2OS. The van der Waals surface area contributed by atoms with E-state index in [0.29, 0.717) is 17.9 Å². The first-order chi connectivity index (χ1) is 9.08. The predicted molar refractivity (Wildman–Crippen MR) is 77.9 cm³/mol. The van der Waals surface area contributed by atoms with E-state index in [1.165, 1.54) is 4.88 Å². The van der Waals surface area contributed by atoms with Gasteiger partial charge in [-0.3, -0.25) is 10.1 Å². The Morgan fingerprint density at radius 3 is 2.68 bits per heavy atom. The average molecular weight is 278 g/mol. The molecule has 0 aromatic carbocycles. The Morgan fingerprint density at radius 1 is 1.42 bits per heavy atom. The molecule has 1 aliphatic carbocycles. The van der Waals surface area contributed by atoms with Crippen LogP contribution in [0.3, 0.4) is 0 Å². The van der Waals surface area contributed by atoms with Crippen molar-refractivity contribution in [2.45, 2.75) is 51.9 Å². The minimum atomic E-state index is -0.0250. The molecule has 1 saturated carbocycles. The summed E-state index contributed by atoms with van der Waals surface area (Å²) in [5.41, 5.74) is 0. The molecule has 1 aromatic rings. The smallest absolute Gasteiger partial charge is 0.241 e. The topological polar surface area (TPSA) is 32.3 Å². The minimum absolute atomic E-state index is 0.0250. The van der Waals surface area contributed by atoms with E-state index in [9.17, 15) is 4.79 Å². The molecule has 19 heavy (non-hydrogen) atoms. The van der Waals surface area contributed by atoms with E-state index in [0.717, 1.165) is 18.8 Å². The van der Waals surface area contributed by atoms with Crippen molar-refractivity contribution in [3.05, 3.63) is 22.4 Å². The summed E-state index contributed by atoms with van der Waals surface area (Å²) in [5.74, 6) is 1.41. The molecule has 1 N–H and O–H groups in total. The van der Waals surface area contributed by atoms with Crippen LogP contribution in [0.2, 0.25) is 0 Å². The molecule has 1 aliphatic heterocycles. The van der Waals surface area contributed by atoms with Gasteiger partial charge in [-0.05, 0) is 36.1 Å². The number of amides is 1. The second-order valence-corrected chi connectivity index (χ2v) is 7.26. The molecule has 104 valence electrons. The Labute approximate surface area is 119 Å². The van der Waals surface area contributed by atoms with Crippen LogP contribution in [0.4, 0.5) is 0 Å². The van der Waals surface area contributed by atoms with Gasteiger partial charge in [-0.1, -0.05) is 26.8 Å². The van der Waals surface area contributed by atoms with Crippen LogP contribution in [0.25, 0.3) is 0 Å². The van der Waals surface area contributed by atoms with Crippen molar-refractivity contribution in [1.82, 2.24) is 10.2 Å². The molecule has 1 amide bonds. The first-order valence-electron chi connectivity index (χ1n) is 7.19. The summed E-state index contributed by atoms with van der Waals surface area (Å²) in [5, 5.41) is 5.63. The molecule has 2 unspecified atom stereocenters. The Morgan fingerprint density at radius 2 is 2.16 bits per heavy atom. The molecule has 1 saturated heterocycles. The molecule has 2 aliphatic rings. The van der Waals surface area contributed by atoms with Gasteiger partial charge in [0.2, 0.25) is 5.91 Å². The highest BCUT2D eigenvalue weighted by Gasteiger charge is 2.47. The summed E-state index contributed by atoms with van der Waals surface area (Å²) >= 11 is 1.74. The Hall–Kier alpha value is -0.870. The molecule has 0 bridgehead atoms. The number of hydrogen-bond acceptors (Lipinski definition) is 3. The molecule has 0 spiro atoms. The predicted octanol–water partition coefficient (Wildman–Crippen LogP) is 3.00. The van der Waals surface area contributed by atoms with Gasteiger partial charge in [0.15, 0.2) is 0 Å². The lowest BCUT2D eigenvalue weighted by Crippen LogP contribution is -2.47. The molecule has 0 radical (unpaired) electrons. The van der Waals surface area contributed by atoms with Crippen LogP contribution >= 0.6 is 11.3 Å². The summed E-state index contributed by atoms with van der Waals surface area (Å²) in [4.78, 5) is 16.0. The van der Waals surface area contributed by atoms with Gasteiger partial charge < -0.3 is 4.90 Å². The Kier molecular flexibility index (Phi) is 3.39. The van der Waals surface area contributed by atoms with Crippen LogP contribution in [0, 0.1) is 11.8 Å². The molecule has 2 fully saturated rings. The molecule has 3 rings (SSSR count). The number of thiophene rings is 1. The van der Waals surface area contributed by atoms with Crippen molar-refractivity contribution in [2.75, 3.05) is 0 Å². The lowest BCUT2D eigenvalue weighted by atomic mass is 9.80. The summed E-state index contributed by atoms with van der Waals surface area (Å²) in [6.07, 6.45) is 2.40. The number of nitrogens with one attached hydrogen (secondary N) is 1. The van der Waals surface area contributed by atoms with Crippen LogP contribution in [-0.4, -0.2) is 22.9 Å². The summed E-state index contributed by atoms with van der Waals surface area (Å²) in [7, 11) is 0. The van der Waals surface area contributed by atoms with Crippen molar-refractivity contribution in [3.63, 3.8) is 0 Å². The quantitative estimate of drug-likeness (QED) is 0.922. The first kappa shape index (κ1) is 13.1. The molecule has 4 heteroatoms. The van der Waals surface area contributed by atoms with E-state index in [1.807, 2.05) is 0 Å². The van der Waals surface area contributed by atoms with Gasteiger partial charge in [-0.25, -0.2) is 0 Å². The highest BCUT2D eigenvalue weighted by atomic mass is 32.1. The highest BCUT2D eigenvalue weighted by Crippen LogP contribution is 2.40. The zero-order valence-electron chi connectivity index (χ0n) is 11.8. The molecule has 3 nitrogen and oxygen atoms in total. The first-order valence-corrected chi connectivity index (χ1v) is 8.07. The third-order valence-corrected chi connectivity index (χ3v) is 5.28. The summed E-state index contributed by atoms with van der Waals surface area (Å²) in [6.45, 7) is 6.51. The van der Waals surface area contributed by atoms with E-state index in [-0.39, 0.29) is 12.2 Å². The normalized spacial score (nSPS) is 34.9. The fourth-order valence-corrected chi connectivity index (χ4v) is 4.01. The molecule has 1 aromatic heterocycles. The van der Waals surface area contributed by atoms with Gasteiger partial charge in [0, 0.05) is 10.9 Å². The van der Waals surface area contributed by atoms with Crippen molar-refractivity contribution in [1.29, 1.82) is 0 Å². The maximum Gasteiger partial charge on any atom is 0.241 e. The fourth-order valence-electron chi connectivity index (χ4n) is 3.23. The Balaban J connectivity index is 1.86. The van der Waals surface area contributed by atoms with Crippen molar-refractivity contribution in [2.24, 2.45) is 11.8 Å². The van der Waals surface area contributed by atoms with Gasteiger partial charge in [0.25, 0.3) is 0 Å². The van der Waals surface area contributed by atoms with Gasteiger partial charge in [0.05, 0.1) is 6.04 Å². The second kappa shape index (κ2) is 4.91. The highest BCUT2D eigenvalue weighted by molar-refractivity contribution is 7.10. The van der Waals surface area contributed by atoms with Crippen molar-refractivity contribution in [3.8, 4) is 0 Å². The Bertz CT molecular complexity index is 451. The second-order valence-electron chi connectivity index (χ2n) is 6.28. The number of rotatable bonds is 3. The van der Waals surface area contributed by atoms with Gasteiger partial charge in [0.1, 0.15) is 6.17 Å². The van der Waals surface area contributed by atoms with E-state index in [4.69, 9.17) is 0 Å². The van der Waals surface area contributed by atoms with Gasteiger partial charge in [-0.2, -0.15) is 0 Å². The number of carbonyl (C=O) groups excluding carboxylic acids is 1. The maximum atomic E-state index is 12.7. The monoisotopic (exact) mass is 278 g/mol. The maximum absolute atomic E-state index is 12.7. The standard InChI is InChI=1S/C15H22N2OS/c1-9(2)13-15(18)17(11-7-10(3)8-11)14(16-13)12-5-4-6-19-12/h4-6,9-11,13-14,16H,7-8H2,1-3H3. The average Bonchev–Trinajstić information content (AvgIpc) is 2.92. The third-order valence-electron chi connectivity index (χ3n) is 4.36. The van der Waals surface area contributed by atoms with E-state index >= 15 is 0 Å². The summed E-state index contributed by atoms with van der Waals surface area (Å²) in [6, 6.07) is 4.61. The van der Waals surface area contributed by atoms with Crippen LogP contribution in [0.5, 0.6) is 0 Å². The van der Waals surface area contributed by atoms with Crippen LogP contribution < -0.4 is 5.32 Å². The number of hydrogen-bond donors (Lipinski definition) is 1. The lowest BCUT2D eigenvalue weighted by Gasteiger charge is -2.42.